The van der Waals surface area contributed by atoms with Crippen LogP contribution < -0.4 is 10.9 Å². The number of aryl methyl sites for hydroxylation is 1. The van der Waals surface area contributed by atoms with Crippen LogP contribution in [0.3, 0.4) is 0 Å². The number of thiophene rings is 1. The van der Waals surface area contributed by atoms with Crippen LogP contribution in [-0.4, -0.2) is 5.91 Å². The van der Waals surface area contributed by atoms with E-state index in [2.05, 4.69) is 10.9 Å². The number of benzene rings is 3. The van der Waals surface area contributed by atoms with E-state index in [9.17, 15) is 31.1 Å². The van der Waals surface area contributed by atoms with Crippen LogP contribution >= 0.6 is 11.3 Å². The van der Waals surface area contributed by atoms with Crippen LogP contribution in [0.15, 0.2) is 78.9 Å². The molecule has 4 aromatic rings. The topological polar surface area (TPSA) is 41.1 Å². The molecule has 1 aromatic heterocycles. The van der Waals surface area contributed by atoms with E-state index in [1.807, 2.05) is 37.3 Å². The molecule has 3 aromatic carbocycles. The van der Waals surface area contributed by atoms with Gasteiger partial charge in [-0.2, -0.15) is 26.3 Å². The van der Waals surface area contributed by atoms with Gasteiger partial charge in [0.05, 0.1) is 16.8 Å². The molecular weight excluding hydrogens is 562 g/mol. The fraction of sp³-hybridized carbons (Fsp3) is 0.194. The molecule has 212 valence electrons. The highest BCUT2D eigenvalue weighted by Crippen LogP contribution is 2.46. The molecule has 5 rings (SSSR count). The first kappa shape index (κ1) is 28.5. The number of hydrazine groups is 1. The van der Waals surface area contributed by atoms with Gasteiger partial charge in [0, 0.05) is 15.3 Å². The Hall–Kier alpha value is -4.05. The van der Waals surface area contributed by atoms with Gasteiger partial charge in [0.2, 0.25) is 0 Å². The zero-order valence-corrected chi connectivity index (χ0v) is 22.5. The van der Waals surface area contributed by atoms with Gasteiger partial charge in [-0.3, -0.25) is 15.6 Å². The second-order valence-electron chi connectivity index (χ2n) is 9.71. The minimum absolute atomic E-state index is 0.111. The van der Waals surface area contributed by atoms with Crippen LogP contribution in [0.5, 0.6) is 0 Å². The third-order valence-electron chi connectivity index (χ3n) is 6.92. The van der Waals surface area contributed by atoms with Crippen molar-refractivity contribution in [1.29, 1.82) is 0 Å². The smallest absolute Gasteiger partial charge is 0.298 e. The van der Waals surface area contributed by atoms with Crippen LogP contribution in [0.2, 0.25) is 0 Å². The first-order valence-corrected chi connectivity index (χ1v) is 13.6. The molecule has 10 heteroatoms. The van der Waals surface area contributed by atoms with Gasteiger partial charge < -0.3 is 0 Å². The molecule has 0 radical (unpaired) electrons. The Morgan fingerprint density at radius 3 is 1.98 bits per heavy atom. The fourth-order valence-electron chi connectivity index (χ4n) is 4.93. The number of halogens is 6. The molecule has 0 aliphatic heterocycles. The third-order valence-corrected chi connectivity index (χ3v) is 8.02. The summed E-state index contributed by atoms with van der Waals surface area (Å²) in [6.07, 6.45) is -7.39. The highest BCUT2D eigenvalue weighted by Gasteiger charge is 2.37. The molecule has 1 aliphatic rings. The monoisotopic (exact) mass is 586 g/mol. The third kappa shape index (κ3) is 6.32. The Labute approximate surface area is 236 Å². The van der Waals surface area contributed by atoms with E-state index in [1.54, 1.807) is 30.3 Å². The van der Waals surface area contributed by atoms with Crippen molar-refractivity contribution < 1.29 is 31.1 Å². The van der Waals surface area contributed by atoms with Crippen molar-refractivity contribution in [3.8, 4) is 10.4 Å². The molecular formula is C31H24F6N2OS. The minimum atomic E-state index is -4.91. The molecule has 0 bridgehead atoms. The minimum Gasteiger partial charge on any atom is -0.298 e. The largest absolute Gasteiger partial charge is 0.416 e. The van der Waals surface area contributed by atoms with Gasteiger partial charge in [-0.25, -0.2) is 0 Å². The Morgan fingerprint density at radius 2 is 1.37 bits per heavy atom. The lowest BCUT2D eigenvalue weighted by atomic mass is 9.96. The van der Waals surface area contributed by atoms with Gasteiger partial charge in [0.15, 0.2) is 0 Å². The van der Waals surface area contributed by atoms with Gasteiger partial charge in [0.1, 0.15) is 0 Å². The van der Waals surface area contributed by atoms with Crippen LogP contribution in [0.25, 0.3) is 21.6 Å². The van der Waals surface area contributed by atoms with Crippen LogP contribution in [0, 0.1) is 6.92 Å². The number of anilines is 1. The SMILES string of the molecule is Cc1sc(-c2cc(C(F)(F)F)cc(C(F)(F)F)c2)cc1C1=C(c2ccc(NNC(=O)c3ccccc3)cc2)CCC1. The molecule has 0 saturated heterocycles. The summed E-state index contributed by atoms with van der Waals surface area (Å²) in [4.78, 5) is 13.4. The summed E-state index contributed by atoms with van der Waals surface area (Å²) in [5.41, 5.74) is 7.87. The molecule has 41 heavy (non-hydrogen) atoms. The quantitative estimate of drug-likeness (QED) is 0.175. The number of rotatable bonds is 6. The first-order valence-electron chi connectivity index (χ1n) is 12.7. The summed E-state index contributed by atoms with van der Waals surface area (Å²) in [7, 11) is 0. The average molecular weight is 587 g/mol. The van der Waals surface area contributed by atoms with Crippen LogP contribution in [0.4, 0.5) is 32.0 Å². The molecule has 2 N–H and O–H groups in total. The second kappa shape index (κ2) is 11.1. The van der Waals surface area contributed by atoms with Crippen molar-refractivity contribution in [3.05, 3.63) is 112 Å². The highest BCUT2D eigenvalue weighted by molar-refractivity contribution is 7.15. The fourth-order valence-corrected chi connectivity index (χ4v) is 5.96. The van der Waals surface area contributed by atoms with E-state index >= 15 is 0 Å². The number of alkyl halides is 6. The molecule has 1 aliphatic carbocycles. The Morgan fingerprint density at radius 1 is 0.756 bits per heavy atom. The summed E-state index contributed by atoms with van der Waals surface area (Å²) in [6.45, 7) is 1.83. The number of carbonyl (C=O) groups is 1. The van der Waals surface area contributed by atoms with E-state index in [0.29, 0.717) is 16.1 Å². The highest BCUT2D eigenvalue weighted by atomic mass is 32.1. The molecule has 0 fully saturated rings. The molecule has 0 atom stereocenters. The van der Waals surface area contributed by atoms with Crippen molar-refractivity contribution in [2.45, 2.75) is 38.5 Å². The van der Waals surface area contributed by atoms with E-state index in [4.69, 9.17) is 0 Å². The molecule has 1 heterocycles. The van der Waals surface area contributed by atoms with Gasteiger partial charge in [-0.05, 0) is 103 Å². The van der Waals surface area contributed by atoms with Gasteiger partial charge >= 0.3 is 12.4 Å². The van der Waals surface area contributed by atoms with Crippen LogP contribution in [0.1, 0.15) is 56.8 Å². The number of hydrogen-bond donors (Lipinski definition) is 2. The predicted octanol–water partition coefficient (Wildman–Crippen LogP) is 9.61. The number of amides is 1. The Bertz CT molecular complexity index is 1570. The molecule has 0 spiro atoms. The Balaban J connectivity index is 1.41. The van der Waals surface area contributed by atoms with E-state index in [0.717, 1.165) is 58.5 Å². The van der Waals surface area contributed by atoms with Gasteiger partial charge in [-0.15, -0.1) is 11.3 Å². The van der Waals surface area contributed by atoms with Crippen molar-refractivity contribution in [3.63, 3.8) is 0 Å². The number of nitrogens with one attached hydrogen (secondary N) is 2. The lowest BCUT2D eigenvalue weighted by Gasteiger charge is -2.13. The Kier molecular flexibility index (Phi) is 7.70. The van der Waals surface area contributed by atoms with Gasteiger partial charge in [0.25, 0.3) is 5.91 Å². The summed E-state index contributed by atoms with van der Waals surface area (Å²) in [5, 5.41) is 0. The molecule has 1 amide bonds. The molecule has 3 nitrogen and oxygen atoms in total. The summed E-state index contributed by atoms with van der Waals surface area (Å²) in [6, 6.07) is 19.7. The summed E-state index contributed by atoms with van der Waals surface area (Å²) < 4.78 is 80.5. The van der Waals surface area contributed by atoms with Crippen LogP contribution in [-0.2, 0) is 12.4 Å². The standard InChI is InChI=1S/C31H24F6N2OS/c1-18-27(17-28(41-18)21-14-22(30(32,33)34)16-23(15-21)31(35,36)37)26-9-5-8-25(26)19-10-12-24(13-11-19)38-39-29(40)20-6-3-2-4-7-20/h2-4,6-7,10-17,38H,5,8-9H2,1H3,(H,39,40). The van der Waals surface area contributed by atoms with E-state index in [-0.39, 0.29) is 17.5 Å². The van der Waals surface area contributed by atoms with Gasteiger partial charge in [-0.1, -0.05) is 30.3 Å². The maximum atomic E-state index is 13.4. The second-order valence-corrected chi connectivity index (χ2v) is 11.0. The maximum Gasteiger partial charge on any atom is 0.416 e. The maximum absolute atomic E-state index is 13.4. The number of hydrogen-bond acceptors (Lipinski definition) is 3. The zero-order chi connectivity index (χ0) is 29.4. The average Bonchev–Trinajstić information content (AvgIpc) is 3.58. The lowest BCUT2D eigenvalue weighted by Crippen LogP contribution is -2.29. The lowest BCUT2D eigenvalue weighted by molar-refractivity contribution is -0.143. The first-order chi connectivity index (χ1) is 19.4. The van der Waals surface area contributed by atoms with E-state index in [1.165, 1.54) is 11.3 Å². The van der Waals surface area contributed by atoms with E-state index < -0.39 is 23.5 Å². The van der Waals surface area contributed by atoms with Crippen molar-refractivity contribution in [2.75, 3.05) is 5.43 Å². The number of allylic oxidation sites excluding steroid dienone is 2. The molecule has 0 unspecified atom stereocenters. The zero-order valence-electron chi connectivity index (χ0n) is 21.7. The summed E-state index contributed by atoms with van der Waals surface area (Å²) >= 11 is 1.18. The number of carbonyl (C=O) groups excluding carboxylic acids is 1. The van der Waals surface area contributed by atoms with Crippen molar-refractivity contribution >= 4 is 34.1 Å². The molecule has 0 saturated carbocycles. The summed E-state index contributed by atoms with van der Waals surface area (Å²) in [5.74, 6) is -0.276. The van der Waals surface area contributed by atoms with Crippen molar-refractivity contribution in [1.82, 2.24) is 5.43 Å². The van der Waals surface area contributed by atoms with Crippen molar-refractivity contribution in [2.24, 2.45) is 0 Å². The predicted molar refractivity (Wildman–Crippen MR) is 149 cm³/mol. The normalized spacial score (nSPS) is 13.9.